The Bertz CT molecular complexity index is 1760. The maximum Gasteiger partial charge on any atom is 0.264 e. The number of nitrogens with zero attached hydrogens (tertiary/aromatic N) is 2. The van der Waals surface area contributed by atoms with Crippen LogP contribution < -0.4 is 9.62 Å². The van der Waals surface area contributed by atoms with Crippen molar-refractivity contribution in [3.63, 3.8) is 0 Å². The molecule has 1 atom stereocenters. The van der Waals surface area contributed by atoms with Crippen molar-refractivity contribution >= 4 is 50.7 Å². The number of halogens is 2. The summed E-state index contributed by atoms with van der Waals surface area (Å²) in [6.45, 7) is 7.22. The molecule has 7 nitrogen and oxygen atoms in total. The van der Waals surface area contributed by atoms with Gasteiger partial charge in [0.2, 0.25) is 11.8 Å². The van der Waals surface area contributed by atoms with Crippen molar-refractivity contribution < 1.29 is 18.0 Å². The molecule has 0 aromatic heterocycles. The number of benzene rings is 4. The summed E-state index contributed by atoms with van der Waals surface area (Å²) in [5.74, 6) is -0.904. The summed E-state index contributed by atoms with van der Waals surface area (Å²) in [6.07, 6.45) is 0.216. The predicted molar refractivity (Wildman–Crippen MR) is 181 cm³/mol. The number of carbonyl (C=O) groups excluding carboxylic acids is 2. The molecule has 0 radical (unpaired) electrons. The van der Waals surface area contributed by atoms with Crippen LogP contribution in [0.4, 0.5) is 5.69 Å². The Labute approximate surface area is 275 Å². The average molecular weight is 667 g/mol. The quantitative estimate of drug-likeness (QED) is 0.179. The topological polar surface area (TPSA) is 86.8 Å². The molecule has 0 fully saturated rings. The molecule has 0 heterocycles. The van der Waals surface area contributed by atoms with Crippen LogP contribution in [0.3, 0.4) is 0 Å². The first-order valence-corrected chi connectivity index (χ1v) is 16.8. The van der Waals surface area contributed by atoms with Crippen LogP contribution >= 0.6 is 23.2 Å². The number of anilines is 1. The lowest BCUT2D eigenvalue weighted by atomic mass is 10.0. The van der Waals surface area contributed by atoms with Crippen LogP contribution in [0.2, 0.25) is 10.0 Å². The highest BCUT2D eigenvalue weighted by atomic mass is 35.5. The second-order valence-electron chi connectivity index (χ2n) is 11.0. The van der Waals surface area contributed by atoms with E-state index in [0.29, 0.717) is 33.4 Å². The minimum absolute atomic E-state index is 0.00431. The maximum absolute atomic E-state index is 14.5. The SMILES string of the molecule is CCNC(=O)[C@H](Cc1ccccc1)N(Cc1ccc(Cl)c(Cl)c1)C(=O)CN(c1ccc(C)cc1C)S(=O)(=O)c1ccc(C)cc1. The molecule has 0 aliphatic carbocycles. The minimum atomic E-state index is -4.19. The van der Waals surface area contributed by atoms with Gasteiger partial charge in [0, 0.05) is 19.5 Å². The third-order valence-electron chi connectivity index (χ3n) is 7.47. The zero-order chi connectivity index (χ0) is 32.7. The number of hydrogen-bond acceptors (Lipinski definition) is 4. The number of amides is 2. The molecule has 0 saturated carbocycles. The molecule has 0 unspecified atom stereocenters. The lowest BCUT2D eigenvalue weighted by Gasteiger charge is -2.34. The summed E-state index contributed by atoms with van der Waals surface area (Å²) in [7, 11) is -4.19. The summed E-state index contributed by atoms with van der Waals surface area (Å²) in [4.78, 5) is 29.6. The van der Waals surface area contributed by atoms with E-state index in [1.807, 2.05) is 63.2 Å². The normalized spacial score (nSPS) is 12.0. The first-order valence-electron chi connectivity index (χ1n) is 14.6. The summed E-state index contributed by atoms with van der Waals surface area (Å²) in [6, 6.07) is 25.3. The Balaban J connectivity index is 1.83. The smallest absolute Gasteiger partial charge is 0.264 e. The molecule has 0 saturated heterocycles. The summed E-state index contributed by atoms with van der Waals surface area (Å²) >= 11 is 12.5. The first-order chi connectivity index (χ1) is 21.4. The van der Waals surface area contributed by atoms with Gasteiger partial charge in [-0.2, -0.15) is 0 Å². The molecule has 0 aliphatic heterocycles. The van der Waals surface area contributed by atoms with Crippen LogP contribution in [0.5, 0.6) is 0 Å². The Hall–Kier alpha value is -3.85. The Morgan fingerprint density at radius 3 is 2.09 bits per heavy atom. The summed E-state index contributed by atoms with van der Waals surface area (Å²) in [5, 5.41) is 3.52. The predicted octanol–water partition coefficient (Wildman–Crippen LogP) is 6.89. The van der Waals surface area contributed by atoms with Crippen LogP contribution in [0.25, 0.3) is 0 Å². The third kappa shape index (κ3) is 8.45. The van der Waals surface area contributed by atoms with Gasteiger partial charge in [-0.15, -0.1) is 0 Å². The number of aryl methyl sites for hydroxylation is 3. The molecule has 4 rings (SSSR count). The molecule has 0 spiro atoms. The van der Waals surface area contributed by atoms with E-state index in [2.05, 4.69) is 5.32 Å². The number of rotatable bonds is 12. The fraction of sp³-hybridized carbons (Fsp3) is 0.257. The maximum atomic E-state index is 14.5. The van der Waals surface area contributed by atoms with Gasteiger partial charge in [-0.3, -0.25) is 13.9 Å². The van der Waals surface area contributed by atoms with Gasteiger partial charge in [-0.1, -0.05) is 95.0 Å². The van der Waals surface area contributed by atoms with Gasteiger partial charge >= 0.3 is 0 Å². The van der Waals surface area contributed by atoms with Crippen LogP contribution in [0.15, 0.2) is 95.9 Å². The van der Waals surface area contributed by atoms with E-state index in [9.17, 15) is 18.0 Å². The van der Waals surface area contributed by atoms with Gasteiger partial charge in [0.25, 0.3) is 10.0 Å². The molecule has 236 valence electrons. The van der Waals surface area contributed by atoms with Crippen LogP contribution in [-0.4, -0.2) is 44.3 Å². The molecule has 10 heteroatoms. The van der Waals surface area contributed by atoms with E-state index in [-0.39, 0.29) is 23.8 Å². The third-order valence-corrected chi connectivity index (χ3v) is 9.98. The van der Waals surface area contributed by atoms with Crippen molar-refractivity contribution in [2.45, 2.75) is 51.6 Å². The van der Waals surface area contributed by atoms with E-state index >= 15 is 0 Å². The molecule has 0 aliphatic rings. The zero-order valence-corrected chi connectivity index (χ0v) is 28.1. The van der Waals surface area contributed by atoms with E-state index in [4.69, 9.17) is 23.2 Å². The number of hydrogen-bond donors (Lipinski definition) is 1. The second-order valence-corrected chi connectivity index (χ2v) is 13.7. The van der Waals surface area contributed by atoms with Crippen LogP contribution in [-0.2, 0) is 32.6 Å². The molecule has 4 aromatic carbocycles. The van der Waals surface area contributed by atoms with Gasteiger partial charge in [-0.05, 0) is 74.7 Å². The zero-order valence-electron chi connectivity index (χ0n) is 25.8. The highest BCUT2D eigenvalue weighted by Crippen LogP contribution is 2.29. The number of nitrogens with one attached hydrogen (secondary N) is 1. The Kier molecular flexibility index (Phi) is 11.3. The van der Waals surface area contributed by atoms with Gasteiger partial charge < -0.3 is 10.2 Å². The Morgan fingerprint density at radius 2 is 1.47 bits per heavy atom. The van der Waals surface area contributed by atoms with Crippen molar-refractivity contribution in [2.75, 3.05) is 17.4 Å². The fourth-order valence-electron chi connectivity index (χ4n) is 5.12. The van der Waals surface area contributed by atoms with Gasteiger partial charge in [0.1, 0.15) is 12.6 Å². The second kappa shape index (κ2) is 15.0. The van der Waals surface area contributed by atoms with Crippen molar-refractivity contribution in [1.82, 2.24) is 10.2 Å². The average Bonchev–Trinajstić information content (AvgIpc) is 3.00. The molecule has 4 aromatic rings. The fourth-order valence-corrected chi connectivity index (χ4v) is 6.92. The molecule has 1 N–H and O–H groups in total. The minimum Gasteiger partial charge on any atom is -0.355 e. The lowest BCUT2D eigenvalue weighted by Crippen LogP contribution is -2.53. The summed E-state index contributed by atoms with van der Waals surface area (Å²) in [5.41, 5.74) is 4.41. The molecule has 0 bridgehead atoms. The van der Waals surface area contributed by atoms with Crippen LogP contribution in [0.1, 0.15) is 34.7 Å². The van der Waals surface area contributed by atoms with Crippen molar-refractivity contribution in [1.29, 1.82) is 0 Å². The van der Waals surface area contributed by atoms with Gasteiger partial charge in [0.15, 0.2) is 0 Å². The van der Waals surface area contributed by atoms with E-state index in [1.54, 1.807) is 43.3 Å². The van der Waals surface area contributed by atoms with Crippen LogP contribution in [0, 0.1) is 20.8 Å². The number of carbonyl (C=O) groups is 2. The van der Waals surface area contributed by atoms with Crippen molar-refractivity contribution in [3.8, 4) is 0 Å². The Morgan fingerprint density at radius 1 is 0.800 bits per heavy atom. The van der Waals surface area contributed by atoms with Crippen molar-refractivity contribution in [3.05, 3.63) is 129 Å². The monoisotopic (exact) mass is 665 g/mol. The molecule has 2 amide bonds. The standard InChI is InChI=1S/C35H37Cl2N3O4S/c1-5-38-35(42)33(21-27-9-7-6-8-10-27)39(22-28-14-17-30(36)31(37)20-28)34(41)23-40(32-18-13-25(3)19-26(32)4)45(43,44)29-15-11-24(2)12-16-29/h6-20,33H,5,21-23H2,1-4H3,(H,38,42)/t33-/m0/s1. The highest BCUT2D eigenvalue weighted by Gasteiger charge is 2.35. The number of likely N-dealkylation sites (N-methyl/N-ethyl adjacent to an activating group) is 1. The van der Waals surface area contributed by atoms with Gasteiger partial charge in [0.05, 0.1) is 20.6 Å². The lowest BCUT2D eigenvalue weighted by molar-refractivity contribution is -0.140. The largest absolute Gasteiger partial charge is 0.355 e. The highest BCUT2D eigenvalue weighted by molar-refractivity contribution is 7.92. The van der Waals surface area contributed by atoms with E-state index in [0.717, 1.165) is 21.0 Å². The van der Waals surface area contributed by atoms with Crippen molar-refractivity contribution in [2.24, 2.45) is 0 Å². The molecular formula is C35H37Cl2N3O4S. The van der Waals surface area contributed by atoms with E-state index < -0.39 is 28.5 Å². The first kappa shape index (κ1) is 34.0. The molecule has 45 heavy (non-hydrogen) atoms. The number of sulfonamides is 1. The van der Waals surface area contributed by atoms with E-state index in [1.165, 1.54) is 17.0 Å². The summed E-state index contributed by atoms with van der Waals surface area (Å²) < 4.78 is 29.6. The van der Waals surface area contributed by atoms with Gasteiger partial charge in [-0.25, -0.2) is 8.42 Å². The molecular weight excluding hydrogens is 629 g/mol.